The molecule has 10 heteroatoms. The Labute approximate surface area is 252 Å². The second kappa shape index (κ2) is 13.2. The average molecular weight is 585 g/mol. The van der Waals surface area contributed by atoms with Crippen LogP contribution in [0, 0.1) is 13.8 Å². The van der Waals surface area contributed by atoms with E-state index >= 15 is 0 Å². The van der Waals surface area contributed by atoms with Gasteiger partial charge in [-0.2, -0.15) is 5.10 Å². The number of hydrogen-bond donors (Lipinski definition) is 2. The quantitative estimate of drug-likeness (QED) is 0.270. The first kappa shape index (κ1) is 30.0. The molecule has 0 bridgehead atoms. The number of likely N-dealkylation sites (tertiary alicyclic amines) is 1. The summed E-state index contributed by atoms with van der Waals surface area (Å²) in [5, 5.41) is 18.8. The summed E-state index contributed by atoms with van der Waals surface area (Å²) in [4.78, 5) is 35.5. The zero-order chi connectivity index (χ0) is 30.5. The van der Waals surface area contributed by atoms with E-state index < -0.39 is 12.1 Å². The van der Waals surface area contributed by atoms with Crippen molar-refractivity contribution in [2.75, 3.05) is 25.0 Å². The van der Waals surface area contributed by atoms with E-state index in [1.807, 2.05) is 73.9 Å². The molecule has 0 unspecified atom stereocenters. The van der Waals surface area contributed by atoms with Crippen LogP contribution in [0.25, 0.3) is 0 Å². The van der Waals surface area contributed by atoms with Crippen molar-refractivity contribution in [3.05, 3.63) is 101 Å². The van der Waals surface area contributed by atoms with Crippen molar-refractivity contribution in [3.63, 3.8) is 0 Å². The summed E-state index contributed by atoms with van der Waals surface area (Å²) in [7, 11) is 1.89. The number of nitrogens with one attached hydrogen (secondary N) is 1. The number of aliphatic hydroxyl groups excluding tert-OH is 1. The summed E-state index contributed by atoms with van der Waals surface area (Å²) in [5.41, 5.74) is 4.26. The summed E-state index contributed by atoms with van der Waals surface area (Å²) in [5.74, 6) is 0.0328. The highest BCUT2D eigenvalue weighted by atomic mass is 16.3. The van der Waals surface area contributed by atoms with Gasteiger partial charge in [-0.1, -0.05) is 30.3 Å². The topological polar surface area (TPSA) is 117 Å². The van der Waals surface area contributed by atoms with Crippen LogP contribution in [-0.2, 0) is 13.0 Å². The lowest BCUT2D eigenvalue weighted by molar-refractivity contribution is 0.0715. The average Bonchev–Trinajstić information content (AvgIpc) is 3.77. The lowest BCUT2D eigenvalue weighted by Gasteiger charge is -2.29. The van der Waals surface area contributed by atoms with E-state index in [1.165, 1.54) is 0 Å². The second-order valence-electron chi connectivity index (χ2n) is 11.3. The number of aliphatic hydroxyl groups is 1. The molecule has 1 aliphatic heterocycles. The minimum atomic E-state index is -0.875. The van der Waals surface area contributed by atoms with Gasteiger partial charge >= 0.3 is 0 Å². The van der Waals surface area contributed by atoms with Gasteiger partial charge in [0.05, 0.1) is 29.7 Å². The van der Waals surface area contributed by atoms with Gasteiger partial charge in [-0.05, 0) is 69.4 Å². The Balaban J connectivity index is 1.34. The Kier molecular flexibility index (Phi) is 9.25. The molecule has 0 spiro atoms. The Morgan fingerprint density at radius 2 is 1.93 bits per heavy atom. The van der Waals surface area contributed by atoms with E-state index in [-0.39, 0.29) is 17.9 Å². The number of oxazole rings is 1. The van der Waals surface area contributed by atoms with Crippen LogP contribution in [0.4, 0.5) is 5.69 Å². The Bertz CT molecular complexity index is 1550. The highest BCUT2D eigenvalue weighted by Gasteiger charge is 2.34. The van der Waals surface area contributed by atoms with E-state index in [0.717, 1.165) is 41.9 Å². The van der Waals surface area contributed by atoms with Crippen LogP contribution in [0.2, 0.25) is 0 Å². The molecule has 3 heterocycles. The van der Waals surface area contributed by atoms with E-state index in [4.69, 9.17) is 4.42 Å². The standard InChI is InChI=1S/C33H40N6O4/c1-5-38-19-27(18-34-38)37(4)20-30(40)28(16-24-10-7-6-8-11-24)36-31(41)25-14-22(2)15-26(17-25)33(42)39-13-9-12-29(39)32-35-23(3)21-43-32/h6-8,10-11,14-15,17-19,21,28-30,40H,5,9,12-13,16,20H2,1-4H3,(H,36,41)/t28-,29+,30+/m0/s1. The van der Waals surface area contributed by atoms with Gasteiger partial charge in [0.15, 0.2) is 0 Å². The van der Waals surface area contributed by atoms with Crippen molar-refractivity contribution >= 4 is 17.5 Å². The van der Waals surface area contributed by atoms with Crippen LogP contribution >= 0.6 is 0 Å². The largest absolute Gasteiger partial charge is 0.446 e. The van der Waals surface area contributed by atoms with Crippen LogP contribution in [0.1, 0.15) is 69.2 Å². The maximum absolute atomic E-state index is 13.7. The number of nitrogens with zero attached hydrogens (tertiary/aromatic N) is 5. The summed E-state index contributed by atoms with van der Waals surface area (Å²) < 4.78 is 7.45. The van der Waals surface area contributed by atoms with Gasteiger partial charge in [-0.25, -0.2) is 4.98 Å². The molecule has 5 rings (SSSR count). The number of benzene rings is 2. The number of likely N-dealkylation sites (N-methyl/N-ethyl adjacent to an activating group) is 1. The minimum Gasteiger partial charge on any atom is -0.446 e. The molecular formula is C33H40N6O4. The second-order valence-corrected chi connectivity index (χ2v) is 11.3. The fourth-order valence-corrected chi connectivity index (χ4v) is 5.63. The normalized spacial score (nSPS) is 16.2. The first-order valence-electron chi connectivity index (χ1n) is 14.8. The number of carbonyl (C=O) groups is 2. The predicted octanol–water partition coefficient (Wildman–Crippen LogP) is 4.32. The van der Waals surface area contributed by atoms with E-state index in [1.54, 1.807) is 35.6 Å². The van der Waals surface area contributed by atoms with Gasteiger partial charge in [-0.15, -0.1) is 0 Å². The third-order valence-corrected chi connectivity index (χ3v) is 7.95. The zero-order valence-electron chi connectivity index (χ0n) is 25.2. The van der Waals surface area contributed by atoms with Crippen LogP contribution < -0.4 is 10.2 Å². The number of aromatic nitrogens is 3. The highest BCUT2D eigenvalue weighted by molar-refractivity contribution is 6.00. The molecule has 1 fully saturated rings. The molecule has 226 valence electrons. The van der Waals surface area contributed by atoms with E-state index in [2.05, 4.69) is 15.4 Å². The molecule has 1 saturated heterocycles. The molecule has 2 aromatic heterocycles. The summed E-state index contributed by atoms with van der Waals surface area (Å²) in [6, 6.07) is 14.2. The van der Waals surface area contributed by atoms with E-state index in [9.17, 15) is 14.7 Å². The summed E-state index contributed by atoms with van der Waals surface area (Å²) in [6.07, 6.45) is 6.48. The smallest absolute Gasteiger partial charge is 0.254 e. The monoisotopic (exact) mass is 584 g/mol. The summed E-state index contributed by atoms with van der Waals surface area (Å²) >= 11 is 0. The maximum Gasteiger partial charge on any atom is 0.254 e. The maximum atomic E-state index is 13.7. The number of rotatable bonds is 11. The highest BCUT2D eigenvalue weighted by Crippen LogP contribution is 2.33. The molecule has 43 heavy (non-hydrogen) atoms. The molecule has 0 aliphatic carbocycles. The van der Waals surface area contributed by atoms with Crippen molar-refractivity contribution in [2.24, 2.45) is 0 Å². The number of aryl methyl sites for hydroxylation is 3. The number of amides is 2. The van der Waals surface area contributed by atoms with Crippen molar-refractivity contribution in [2.45, 2.75) is 64.8 Å². The van der Waals surface area contributed by atoms with Gasteiger partial charge in [0.2, 0.25) is 5.89 Å². The first-order chi connectivity index (χ1) is 20.7. The SMILES string of the molecule is CCn1cc(N(C)C[C@@H](O)[C@H](Cc2ccccc2)NC(=O)c2cc(C)cc(C(=O)N3CCC[C@@H]3c3nc(C)co3)c2)cn1. The molecule has 10 nitrogen and oxygen atoms in total. The van der Waals surface area contributed by atoms with Gasteiger partial charge in [0.1, 0.15) is 12.3 Å². The van der Waals surface area contributed by atoms with Crippen LogP contribution in [0.5, 0.6) is 0 Å². The number of hydrogen-bond acceptors (Lipinski definition) is 7. The zero-order valence-corrected chi connectivity index (χ0v) is 25.2. The molecule has 3 atom stereocenters. The molecule has 0 saturated carbocycles. The van der Waals surface area contributed by atoms with Gasteiger partial charge in [-0.3, -0.25) is 14.3 Å². The van der Waals surface area contributed by atoms with Crippen molar-refractivity contribution < 1.29 is 19.1 Å². The minimum absolute atomic E-state index is 0.161. The predicted molar refractivity (Wildman–Crippen MR) is 164 cm³/mol. The molecule has 2 aromatic carbocycles. The van der Waals surface area contributed by atoms with Gasteiger partial charge < -0.3 is 24.6 Å². The molecule has 2 amide bonds. The fourth-order valence-electron chi connectivity index (χ4n) is 5.63. The molecule has 0 radical (unpaired) electrons. The van der Waals surface area contributed by atoms with Crippen molar-refractivity contribution in [1.29, 1.82) is 0 Å². The molecule has 2 N–H and O–H groups in total. The van der Waals surface area contributed by atoms with Gasteiger partial charge in [0.25, 0.3) is 11.8 Å². The molecule has 4 aromatic rings. The van der Waals surface area contributed by atoms with Gasteiger partial charge in [0, 0.05) is 44.0 Å². The molecular weight excluding hydrogens is 544 g/mol. The number of carbonyl (C=O) groups excluding carboxylic acids is 2. The lowest BCUT2D eigenvalue weighted by atomic mass is 9.99. The Morgan fingerprint density at radius 1 is 1.16 bits per heavy atom. The lowest BCUT2D eigenvalue weighted by Crippen LogP contribution is -2.49. The van der Waals surface area contributed by atoms with Crippen LogP contribution in [0.15, 0.2) is 71.6 Å². The van der Waals surface area contributed by atoms with E-state index in [0.29, 0.717) is 36.5 Å². The Hall–Kier alpha value is -4.44. The van der Waals surface area contributed by atoms with Crippen molar-refractivity contribution in [1.82, 2.24) is 25.0 Å². The fraction of sp³-hybridized carbons (Fsp3) is 0.394. The van der Waals surface area contributed by atoms with Crippen molar-refractivity contribution in [3.8, 4) is 0 Å². The number of anilines is 1. The first-order valence-corrected chi connectivity index (χ1v) is 14.8. The third kappa shape index (κ3) is 7.14. The van der Waals surface area contributed by atoms with Crippen LogP contribution in [0.3, 0.4) is 0 Å². The summed E-state index contributed by atoms with van der Waals surface area (Å²) in [6.45, 7) is 7.38. The van der Waals surface area contributed by atoms with Crippen LogP contribution in [-0.4, -0.2) is 68.9 Å². The third-order valence-electron chi connectivity index (χ3n) is 7.95. The molecule has 1 aliphatic rings. The Morgan fingerprint density at radius 3 is 2.63 bits per heavy atom.